The Balaban J connectivity index is 1.70. The molecule has 0 heterocycles. The number of benzene rings is 6. The molecule has 0 spiro atoms. The summed E-state index contributed by atoms with van der Waals surface area (Å²) in [5.41, 5.74) is 6.49. The Hall–Kier alpha value is -5.01. The lowest BCUT2D eigenvalue weighted by atomic mass is 9.50. The first kappa shape index (κ1) is 31.0. The first-order valence-electron chi connectivity index (χ1n) is 16.4. The van der Waals surface area contributed by atoms with E-state index < -0.39 is 5.41 Å². The van der Waals surface area contributed by atoms with Crippen LogP contribution in [0.3, 0.4) is 0 Å². The average Bonchev–Trinajstić information content (AvgIpc) is 3.12. The molecular weight excluding hydrogens is 556 g/mol. The molecule has 0 saturated carbocycles. The second-order valence-electron chi connectivity index (χ2n) is 12.4. The summed E-state index contributed by atoms with van der Waals surface area (Å²) in [7, 11) is 0. The summed E-state index contributed by atoms with van der Waals surface area (Å²) in [6.07, 6.45) is 2.25. The molecular formula is C45H42O. The smallest absolute Gasteiger partial charge is 0.137 e. The van der Waals surface area contributed by atoms with Crippen molar-refractivity contribution in [1.82, 2.24) is 0 Å². The summed E-state index contributed by atoms with van der Waals surface area (Å²) in [4.78, 5) is 15.3. The van der Waals surface area contributed by atoms with Crippen LogP contribution in [-0.2, 0) is 24.1 Å². The van der Waals surface area contributed by atoms with Crippen molar-refractivity contribution in [3.8, 4) is 0 Å². The third-order valence-electron chi connectivity index (χ3n) is 9.79. The predicted octanol–water partition coefficient (Wildman–Crippen LogP) is 10.6. The second-order valence-corrected chi connectivity index (χ2v) is 12.4. The van der Waals surface area contributed by atoms with Gasteiger partial charge in [0.2, 0.25) is 0 Å². The maximum absolute atomic E-state index is 15.3. The molecule has 0 N–H and O–H groups in total. The van der Waals surface area contributed by atoms with Gasteiger partial charge in [0, 0.05) is 17.8 Å². The van der Waals surface area contributed by atoms with Crippen molar-refractivity contribution in [2.24, 2.45) is 5.41 Å². The molecule has 228 valence electrons. The molecule has 0 amide bonds. The van der Waals surface area contributed by atoms with Crippen molar-refractivity contribution >= 4 is 5.78 Å². The molecule has 0 bridgehead atoms. The number of ketones is 1. The van der Waals surface area contributed by atoms with Crippen molar-refractivity contribution in [2.75, 3.05) is 0 Å². The molecule has 0 fully saturated rings. The van der Waals surface area contributed by atoms with Gasteiger partial charge in [-0.25, -0.2) is 0 Å². The van der Waals surface area contributed by atoms with Gasteiger partial charge < -0.3 is 0 Å². The standard InChI is InChI=1S/C45H42O/c1-35(46)45(42(39-26-14-5-15-27-39)32-36-20-8-2-9-21-36,43(40-28-16-6-17-29-40)33-37-22-10-3-11-23-37)44(41-30-18-7-19-31-41)34-38-24-12-4-13-25-38/h2-31,42-44H,32-34H2,1H3. The zero-order valence-corrected chi connectivity index (χ0v) is 26.6. The fraction of sp³-hybridized carbons (Fsp3) is 0.178. The summed E-state index contributed by atoms with van der Waals surface area (Å²) < 4.78 is 0. The highest BCUT2D eigenvalue weighted by molar-refractivity contribution is 5.86. The van der Waals surface area contributed by atoms with Gasteiger partial charge in [0.25, 0.3) is 0 Å². The first-order valence-corrected chi connectivity index (χ1v) is 16.4. The van der Waals surface area contributed by atoms with E-state index in [9.17, 15) is 0 Å². The van der Waals surface area contributed by atoms with Crippen molar-refractivity contribution < 1.29 is 4.79 Å². The number of hydrogen-bond acceptors (Lipinski definition) is 1. The molecule has 0 saturated heterocycles. The van der Waals surface area contributed by atoms with Crippen molar-refractivity contribution in [2.45, 2.75) is 43.9 Å². The van der Waals surface area contributed by atoms with Gasteiger partial charge in [-0.1, -0.05) is 182 Å². The summed E-state index contributed by atoms with van der Waals surface area (Å²) in [6, 6.07) is 64.6. The highest BCUT2D eigenvalue weighted by Crippen LogP contribution is 2.59. The van der Waals surface area contributed by atoms with Crippen LogP contribution >= 0.6 is 0 Å². The average molecular weight is 599 g/mol. The minimum atomic E-state index is -0.814. The summed E-state index contributed by atoms with van der Waals surface area (Å²) in [6.45, 7) is 1.86. The second kappa shape index (κ2) is 14.8. The lowest BCUT2D eigenvalue weighted by Gasteiger charge is -2.51. The Bertz CT molecular complexity index is 1560. The van der Waals surface area contributed by atoms with Crippen LogP contribution in [0, 0.1) is 5.41 Å². The van der Waals surface area contributed by atoms with Gasteiger partial charge in [-0.3, -0.25) is 4.79 Å². The summed E-state index contributed by atoms with van der Waals surface area (Å²) in [5.74, 6) is -0.0730. The van der Waals surface area contributed by atoms with Crippen LogP contribution in [0.15, 0.2) is 182 Å². The Morgan fingerprint density at radius 2 is 0.609 bits per heavy atom. The van der Waals surface area contributed by atoms with Gasteiger partial charge in [-0.15, -0.1) is 0 Å². The number of carbonyl (C=O) groups excluding carboxylic acids is 1. The molecule has 0 aliphatic carbocycles. The van der Waals surface area contributed by atoms with Crippen LogP contribution in [0.2, 0.25) is 0 Å². The molecule has 0 aromatic heterocycles. The highest BCUT2D eigenvalue weighted by Gasteiger charge is 2.55. The molecule has 0 aliphatic heterocycles. The number of carbonyl (C=O) groups is 1. The van der Waals surface area contributed by atoms with E-state index in [1.807, 2.05) is 6.92 Å². The molecule has 1 nitrogen and oxygen atoms in total. The number of hydrogen-bond donors (Lipinski definition) is 0. The normalized spacial score (nSPS) is 14.5. The Morgan fingerprint density at radius 1 is 0.391 bits per heavy atom. The Labute approximate surface area is 274 Å². The SMILES string of the molecule is CC(=O)C(C(Cc1ccccc1)c1ccccc1)(C(Cc1ccccc1)c1ccccc1)C(Cc1ccccc1)c1ccccc1. The van der Waals surface area contributed by atoms with Gasteiger partial charge >= 0.3 is 0 Å². The van der Waals surface area contributed by atoms with Crippen LogP contribution < -0.4 is 0 Å². The zero-order chi connectivity index (χ0) is 31.6. The molecule has 0 radical (unpaired) electrons. The molecule has 3 unspecified atom stereocenters. The third kappa shape index (κ3) is 6.80. The van der Waals surface area contributed by atoms with Crippen LogP contribution in [0.1, 0.15) is 58.1 Å². The molecule has 6 rings (SSSR count). The topological polar surface area (TPSA) is 17.1 Å². The van der Waals surface area contributed by atoms with Gasteiger partial charge in [-0.05, 0) is 59.6 Å². The van der Waals surface area contributed by atoms with E-state index >= 15 is 4.79 Å². The quantitative estimate of drug-likeness (QED) is 0.129. The Morgan fingerprint density at radius 3 is 0.826 bits per heavy atom. The van der Waals surface area contributed by atoms with E-state index in [4.69, 9.17) is 0 Å². The molecule has 3 atom stereocenters. The largest absolute Gasteiger partial charge is 0.299 e. The lowest BCUT2D eigenvalue weighted by molar-refractivity contribution is -0.131. The summed E-state index contributed by atoms with van der Waals surface area (Å²) in [5, 5.41) is 0. The van der Waals surface area contributed by atoms with Crippen molar-refractivity contribution in [1.29, 1.82) is 0 Å². The van der Waals surface area contributed by atoms with E-state index in [1.165, 1.54) is 33.4 Å². The van der Waals surface area contributed by atoms with E-state index in [1.54, 1.807) is 0 Å². The maximum atomic E-state index is 15.3. The fourth-order valence-electron chi connectivity index (χ4n) is 7.76. The fourth-order valence-corrected chi connectivity index (χ4v) is 7.76. The van der Waals surface area contributed by atoms with Crippen LogP contribution in [-0.4, -0.2) is 5.78 Å². The minimum absolute atomic E-state index is 0.101. The molecule has 46 heavy (non-hydrogen) atoms. The third-order valence-corrected chi connectivity index (χ3v) is 9.79. The molecule has 6 aromatic rings. The number of Topliss-reactive ketones (excluding diaryl/α,β-unsaturated/α-hetero) is 1. The highest BCUT2D eigenvalue weighted by atomic mass is 16.1. The van der Waals surface area contributed by atoms with Gasteiger partial charge in [0.1, 0.15) is 5.78 Å². The van der Waals surface area contributed by atoms with Crippen LogP contribution in [0.5, 0.6) is 0 Å². The molecule has 6 aromatic carbocycles. The van der Waals surface area contributed by atoms with E-state index in [2.05, 4.69) is 182 Å². The minimum Gasteiger partial charge on any atom is -0.299 e. The summed E-state index contributed by atoms with van der Waals surface area (Å²) >= 11 is 0. The Kier molecular flexibility index (Phi) is 10.0. The lowest BCUT2D eigenvalue weighted by Crippen LogP contribution is -2.49. The maximum Gasteiger partial charge on any atom is 0.137 e. The van der Waals surface area contributed by atoms with Gasteiger partial charge in [0.15, 0.2) is 0 Å². The van der Waals surface area contributed by atoms with Crippen molar-refractivity contribution in [3.63, 3.8) is 0 Å². The van der Waals surface area contributed by atoms with Gasteiger partial charge in [-0.2, -0.15) is 0 Å². The molecule has 0 aliphatic rings. The van der Waals surface area contributed by atoms with E-state index in [-0.39, 0.29) is 23.5 Å². The monoisotopic (exact) mass is 598 g/mol. The van der Waals surface area contributed by atoms with Crippen LogP contribution in [0.25, 0.3) is 0 Å². The molecule has 1 heteroatoms. The van der Waals surface area contributed by atoms with Gasteiger partial charge in [0.05, 0.1) is 5.41 Å². The van der Waals surface area contributed by atoms with E-state index in [0.29, 0.717) is 0 Å². The van der Waals surface area contributed by atoms with Crippen LogP contribution in [0.4, 0.5) is 0 Å². The number of rotatable bonds is 13. The zero-order valence-electron chi connectivity index (χ0n) is 26.6. The van der Waals surface area contributed by atoms with E-state index in [0.717, 1.165) is 19.3 Å². The van der Waals surface area contributed by atoms with Crippen molar-refractivity contribution in [3.05, 3.63) is 215 Å². The first-order chi connectivity index (χ1) is 22.7. The predicted molar refractivity (Wildman–Crippen MR) is 191 cm³/mol.